The first-order valence-electron chi connectivity index (χ1n) is 3.45. The summed E-state index contributed by atoms with van der Waals surface area (Å²) in [6, 6.07) is 9.58. The van der Waals surface area contributed by atoms with E-state index in [0.717, 1.165) is 5.56 Å². The van der Waals surface area contributed by atoms with Crippen LogP contribution in [0.4, 0.5) is 0 Å². The third kappa shape index (κ3) is 2.47. The molecule has 1 atom stereocenters. The van der Waals surface area contributed by atoms with Crippen molar-refractivity contribution in [3.05, 3.63) is 40.8 Å². The van der Waals surface area contributed by atoms with E-state index >= 15 is 0 Å². The van der Waals surface area contributed by atoms with Crippen molar-refractivity contribution < 1.29 is 0 Å². The van der Waals surface area contributed by atoms with E-state index in [4.69, 9.17) is 5.73 Å². The molecule has 1 rings (SSSR count). The summed E-state index contributed by atoms with van der Waals surface area (Å²) in [4.78, 5) is 9.93. The Hall–Kier alpha value is -1.22. The second-order valence-corrected chi connectivity index (χ2v) is 2.36. The van der Waals surface area contributed by atoms with Gasteiger partial charge in [-0.05, 0) is 5.56 Å². The molecule has 0 radical (unpaired) electrons. The van der Waals surface area contributed by atoms with E-state index in [0.29, 0.717) is 6.42 Å². The van der Waals surface area contributed by atoms with Gasteiger partial charge in [0.2, 0.25) is 0 Å². The molecular formula is C8H10N2O. The minimum atomic E-state index is -0.614. The van der Waals surface area contributed by atoms with Gasteiger partial charge in [-0.15, -0.1) is 4.91 Å². The quantitative estimate of drug-likeness (QED) is 0.660. The molecule has 0 bridgehead atoms. The lowest BCUT2D eigenvalue weighted by Crippen LogP contribution is -2.18. The molecule has 0 saturated heterocycles. The summed E-state index contributed by atoms with van der Waals surface area (Å²) in [6.07, 6.45) is -0.0953. The third-order valence-corrected chi connectivity index (χ3v) is 1.42. The van der Waals surface area contributed by atoms with Gasteiger partial charge in [-0.3, -0.25) is 0 Å². The number of nitroso groups, excluding NO2 is 1. The maximum absolute atomic E-state index is 9.93. The Morgan fingerprint density at radius 1 is 1.36 bits per heavy atom. The minimum Gasteiger partial charge on any atom is -0.307 e. The van der Waals surface area contributed by atoms with Crippen LogP contribution in [0.1, 0.15) is 5.56 Å². The van der Waals surface area contributed by atoms with Crippen LogP contribution in [0, 0.1) is 4.91 Å². The van der Waals surface area contributed by atoms with Crippen LogP contribution in [0.15, 0.2) is 35.5 Å². The van der Waals surface area contributed by atoms with Gasteiger partial charge in [-0.1, -0.05) is 35.5 Å². The van der Waals surface area contributed by atoms with Crippen molar-refractivity contribution in [1.82, 2.24) is 0 Å². The Morgan fingerprint density at radius 2 is 2.00 bits per heavy atom. The number of nitrogens with two attached hydrogens (primary N) is 1. The number of rotatable bonds is 3. The highest BCUT2D eigenvalue weighted by Crippen LogP contribution is 2.01. The van der Waals surface area contributed by atoms with Crippen LogP contribution in [0.5, 0.6) is 0 Å². The average Bonchev–Trinajstić information content (AvgIpc) is 2.06. The lowest BCUT2D eigenvalue weighted by Gasteiger charge is -2.00. The fourth-order valence-corrected chi connectivity index (χ4v) is 0.893. The van der Waals surface area contributed by atoms with Crippen LogP contribution in [0.3, 0.4) is 0 Å². The van der Waals surface area contributed by atoms with Gasteiger partial charge in [0, 0.05) is 6.42 Å². The molecule has 3 nitrogen and oxygen atoms in total. The highest BCUT2D eigenvalue weighted by molar-refractivity contribution is 5.15. The summed E-state index contributed by atoms with van der Waals surface area (Å²) >= 11 is 0. The van der Waals surface area contributed by atoms with E-state index in [9.17, 15) is 4.91 Å². The van der Waals surface area contributed by atoms with E-state index in [1.54, 1.807) is 0 Å². The summed E-state index contributed by atoms with van der Waals surface area (Å²) in [5, 5.41) is 2.71. The fourth-order valence-electron chi connectivity index (χ4n) is 0.893. The number of benzene rings is 1. The van der Waals surface area contributed by atoms with Crippen molar-refractivity contribution in [2.45, 2.75) is 12.6 Å². The number of nitrogens with zero attached hydrogens (tertiary/aromatic N) is 1. The third-order valence-electron chi connectivity index (χ3n) is 1.42. The highest BCUT2D eigenvalue weighted by atomic mass is 16.3. The highest BCUT2D eigenvalue weighted by Gasteiger charge is 2.00. The van der Waals surface area contributed by atoms with Crippen molar-refractivity contribution >= 4 is 0 Å². The topological polar surface area (TPSA) is 55.4 Å². The molecule has 0 unspecified atom stereocenters. The summed E-state index contributed by atoms with van der Waals surface area (Å²) in [6.45, 7) is 0. The van der Waals surface area contributed by atoms with E-state index in [1.165, 1.54) is 0 Å². The first kappa shape index (κ1) is 7.88. The first-order chi connectivity index (χ1) is 5.33. The lowest BCUT2D eigenvalue weighted by atomic mass is 10.1. The van der Waals surface area contributed by atoms with Crippen molar-refractivity contribution in [2.24, 2.45) is 10.9 Å². The minimum absolute atomic E-state index is 0.518. The summed E-state index contributed by atoms with van der Waals surface area (Å²) in [5.41, 5.74) is 6.37. The average molecular weight is 150 g/mol. The van der Waals surface area contributed by atoms with E-state index in [1.807, 2.05) is 30.3 Å². The number of hydrogen-bond acceptors (Lipinski definition) is 3. The Labute approximate surface area is 65.2 Å². The van der Waals surface area contributed by atoms with Gasteiger partial charge >= 0.3 is 0 Å². The van der Waals surface area contributed by atoms with Crippen molar-refractivity contribution in [3.63, 3.8) is 0 Å². The zero-order valence-electron chi connectivity index (χ0n) is 6.10. The molecule has 2 N–H and O–H groups in total. The second-order valence-electron chi connectivity index (χ2n) is 2.36. The normalized spacial score (nSPS) is 12.5. The Bertz CT molecular complexity index is 223. The molecule has 0 fully saturated rings. The molecule has 1 aromatic carbocycles. The zero-order valence-corrected chi connectivity index (χ0v) is 6.10. The fraction of sp³-hybridized carbons (Fsp3) is 0.250. The molecule has 0 aliphatic heterocycles. The van der Waals surface area contributed by atoms with Crippen LogP contribution in [0.2, 0.25) is 0 Å². The Balaban J connectivity index is 2.57. The standard InChI is InChI=1S/C8H10N2O/c9-8(10-11)6-7-4-2-1-3-5-7/h1-5,8H,6,9H2/t8-/m1/s1. The maximum Gasteiger partial charge on any atom is 0.143 e. The molecular weight excluding hydrogens is 140 g/mol. The molecule has 0 saturated carbocycles. The SMILES string of the molecule is N[C@@H](Cc1ccccc1)N=O. The molecule has 58 valence electrons. The van der Waals surface area contributed by atoms with E-state index in [-0.39, 0.29) is 0 Å². The largest absolute Gasteiger partial charge is 0.307 e. The Kier molecular flexibility index (Phi) is 2.74. The molecule has 0 aliphatic rings. The number of hydrogen-bond donors (Lipinski definition) is 1. The predicted molar refractivity (Wildman–Crippen MR) is 43.9 cm³/mol. The van der Waals surface area contributed by atoms with Gasteiger partial charge in [-0.2, -0.15) is 0 Å². The zero-order chi connectivity index (χ0) is 8.10. The Morgan fingerprint density at radius 3 is 2.55 bits per heavy atom. The second kappa shape index (κ2) is 3.83. The molecule has 0 spiro atoms. The van der Waals surface area contributed by atoms with Gasteiger partial charge < -0.3 is 5.73 Å². The van der Waals surface area contributed by atoms with E-state index < -0.39 is 6.17 Å². The van der Waals surface area contributed by atoms with Gasteiger partial charge in [0.25, 0.3) is 0 Å². The van der Waals surface area contributed by atoms with E-state index in [2.05, 4.69) is 5.18 Å². The molecule has 11 heavy (non-hydrogen) atoms. The van der Waals surface area contributed by atoms with Gasteiger partial charge in [0.15, 0.2) is 0 Å². The summed E-state index contributed by atoms with van der Waals surface area (Å²) in [7, 11) is 0. The van der Waals surface area contributed by atoms with Crippen LogP contribution in [-0.4, -0.2) is 6.17 Å². The smallest absolute Gasteiger partial charge is 0.143 e. The summed E-state index contributed by atoms with van der Waals surface area (Å²) in [5.74, 6) is 0. The predicted octanol–water partition coefficient (Wildman–Crippen LogP) is 1.28. The lowest BCUT2D eigenvalue weighted by molar-refractivity contribution is 0.700. The van der Waals surface area contributed by atoms with Crippen molar-refractivity contribution in [3.8, 4) is 0 Å². The summed E-state index contributed by atoms with van der Waals surface area (Å²) < 4.78 is 0. The molecule has 0 amide bonds. The molecule has 0 heterocycles. The van der Waals surface area contributed by atoms with Crippen LogP contribution in [-0.2, 0) is 6.42 Å². The molecule has 1 aromatic rings. The molecule has 0 aromatic heterocycles. The first-order valence-corrected chi connectivity index (χ1v) is 3.45. The van der Waals surface area contributed by atoms with Crippen LogP contribution in [0.25, 0.3) is 0 Å². The monoisotopic (exact) mass is 150 g/mol. The van der Waals surface area contributed by atoms with Crippen molar-refractivity contribution in [2.75, 3.05) is 0 Å². The van der Waals surface area contributed by atoms with Crippen molar-refractivity contribution in [1.29, 1.82) is 0 Å². The molecule has 3 heteroatoms. The molecule has 0 aliphatic carbocycles. The maximum atomic E-state index is 9.93. The van der Waals surface area contributed by atoms with Gasteiger partial charge in [-0.25, -0.2) is 0 Å². The van der Waals surface area contributed by atoms with Crippen LogP contribution < -0.4 is 5.73 Å². The van der Waals surface area contributed by atoms with Gasteiger partial charge in [0.1, 0.15) is 6.17 Å². The van der Waals surface area contributed by atoms with Crippen LogP contribution >= 0.6 is 0 Å². The van der Waals surface area contributed by atoms with Gasteiger partial charge in [0.05, 0.1) is 0 Å².